The van der Waals surface area contributed by atoms with Crippen LogP contribution >= 0.6 is 0 Å². The lowest BCUT2D eigenvalue weighted by molar-refractivity contribution is 0.903. The number of hydrogen-bond donors (Lipinski definition) is 0. The Morgan fingerprint density at radius 2 is 1.87 bits per heavy atom. The van der Waals surface area contributed by atoms with E-state index in [4.69, 9.17) is 0 Å². The molecule has 2 heterocycles. The summed E-state index contributed by atoms with van der Waals surface area (Å²) in [4.78, 5) is 4.04. The van der Waals surface area contributed by atoms with E-state index >= 15 is 0 Å². The smallest absolute Gasteiger partial charge is 0.136 e. The summed E-state index contributed by atoms with van der Waals surface area (Å²) in [6, 6.07) is 12.3. The molecule has 0 amide bonds. The molecule has 0 saturated heterocycles. The van der Waals surface area contributed by atoms with Crippen LogP contribution in [0.5, 0.6) is 0 Å². The number of fused-ring (bicyclic) bond motifs is 1. The first-order valence-corrected chi connectivity index (χ1v) is 4.78. The molecule has 0 aliphatic carbocycles. The average Bonchev–Trinajstić information content (AvgIpc) is 2.74. The van der Waals surface area contributed by atoms with E-state index < -0.39 is 0 Å². The number of rotatable bonds is 1. The van der Waals surface area contributed by atoms with E-state index in [0.717, 1.165) is 11.1 Å². The Morgan fingerprint density at radius 3 is 2.73 bits per heavy atom. The number of aromatic nitrogens is 3. The van der Waals surface area contributed by atoms with Gasteiger partial charge in [-0.2, -0.15) is 5.10 Å². The molecule has 0 atom stereocenters. The Hall–Kier alpha value is -2.16. The molecule has 0 radical (unpaired) electrons. The summed E-state index contributed by atoms with van der Waals surface area (Å²) >= 11 is 0. The molecule has 0 spiro atoms. The molecule has 0 aliphatic rings. The van der Waals surface area contributed by atoms with E-state index in [1.165, 1.54) is 5.56 Å². The van der Waals surface area contributed by atoms with Crippen LogP contribution in [-0.4, -0.2) is 14.6 Å². The maximum atomic E-state index is 4.13. The fraction of sp³-hybridized carbons (Fsp3) is 0. The molecule has 3 heteroatoms. The van der Waals surface area contributed by atoms with E-state index in [0.29, 0.717) is 0 Å². The van der Waals surface area contributed by atoms with Crippen LogP contribution in [0.3, 0.4) is 0 Å². The molecule has 72 valence electrons. The van der Waals surface area contributed by atoms with Crippen LogP contribution in [0, 0.1) is 0 Å². The van der Waals surface area contributed by atoms with Crippen LogP contribution < -0.4 is 0 Å². The standard InChI is InChI=1S/C12H9N3/c1-2-4-10(5-3-1)11-6-7-15-12(11)8-13-9-14-15/h1-9H. The second-order valence-corrected chi connectivity index (χ2v) is 3.33. The summed E-state index contributed by atoms with van der Waals surface area (Å²) in [5, 5.41) is 4.13. The highest BCUT2D eigenvalue weighted by Gasteiger charge is 2.04. The molecule has 0 unspecified atom stereocenters. The highest BCUT2D eigenvalue weighted by Crippen LogP contribution is 2.23. The van der Waals surface area contributed by atoms with Gasteiger partial charge in [-0.05, 0) is 11.6 Å². The van der Waals surface area contributed by atoms with Crippen molar-refractivity contribution < 1.29 is 0 Å². The molecule has 3 nitrogen and oxygen atoms in total. The highest BCUT2D eigenvalue weighted by atomic mass is 15.2. The summed E-state index contributed by atoms with van der Waals surface area (Å²) in [6.07, 6.45) is 5.32. The van der Waals surface area contributed by atoms with Gasteiger partial charge in [-0.15, -0.1) is 0 Å². The van der Waals surface area contributed by atoms with E-state index in [1.807, 2.05) is 35.1 Å². The Morgan fingerprint density at radius 1 is 1.00 bits per heavy atom. The van der Waals surface area contributed by atoms with Crippen molar-refractivity contribution in [2.75, 3.05) is 0 Å². The summed E-state index contributed by atoms with van der Waals surface area (Å²) in [6.45, 7) is 0. The molecule has 1 aromatic carbocycles. The largest absolute Gasteiger partial charge is 0.241 e. The van der Waals surface area contributed by atoms with Gasteiger partial charge in [-0.25, -0.2) is 9.50 Å². The molecular formula is C12H9N3. The van der Waals surface area contributed by atoms with Gasteiger partial charge in [0.05, 0.1) is 11.7 Å². The van der Waals surface area contributed by atoms with Gasteiger partial charge in [-0.1, -0.05) is 30.3 Å². The maximum Gasteiger partial charge on any atom is 0.136 e. The van der Waals surface area contributed by atoms with Crippen LogP contribution in [0.2, 0.25) is 0 Å². The molecule has 3 rings (SSSR count). The summed E-state index contributed by atoms with van der Waals surface area (Å²) in [5.74, 6) is 0. The quantitative estimate of drug-likeness (QED) is 0.596. The van der Waals surface area contributed by atoms with Crippen molar-refractivity contribution in [1.29, 1.82) is 0 Å². The summed E-state index contributed by atoms with van der Waals surface area (Å²) in [5.41, 5.74) is 3.38. The lowest BCUT2D eigenvalue weighted by Gasteiger charge is -1.98. The van der Waals surface area contributed by atoms with Gasteiger partial charge < -0.3 is 0 Å². The average molecular weight is 195 g/mol. The molecule has 0 aliphatic heterocycles. The molecule has 3 aromatic rings. The first-order chi connectivity index (χ1) is 7.45. The van der Waals surface area contributed by atoms with Gasteiger partial charge in [0, 0.05) is 11.8 Å². The van der Waals surface area contributed by atoms with Crippen LogP contribution in [0.25, 0.3) is 16.6 Å². The van der Waals surface area contributed by atoms with Crippen molar-refractivity contribution in [3.8, 4) is 11.1 Å². The molecule has 2 aromatic heterocycles. The first-order valence-electron chi connectivity index (χ1n) is 4.78. The number of hydrogen-bond acceptors (Lipinski definition) is 2. The van der Waals surface area contributed by atoms with Crippen molar-refractivity contribution in [3.05, 3.63) is 55.1 Å². The van der Waals surface area contributed by atoms with Crippen LogP contribution in [-0.2, 0) is 0 Å². The summed E-state index contributed by atoms with van der Waals surface area (Å²) < 4.78 is 1.83. The predicted octanol–water partition coefficient (Wildman–Crippen LogP) is 2.40. The monoisotopic (exact) mass is 195 g/mol. The number of benzene rings is 1. The second-order valence-electron chi connectivity index (χ2n) is 3.33. The van der Waals surface area contributed by atoms with Gasteiger partial charge in [0.1, 0.15) is 6.33 Å². The Bertz CT molecular complexity index is 584. The third-order valence-corrected chi connectivity index (χ3v) is 2.43. The third-order valence-electron chi connectivity index (χ3n) is 2.43. The zero-order valence-corrected chi connectivity index (χ0v) is 8.04. The van der Waals surface area contributed by atoms with Gasteiger partial charge in [0.25, 0.3) is 0 Å². The molecule has 0 saturated carbocycles. The lowest BCUT2D eigenvalue weighted by Crippen LogP contribution is -1.89. The van der Waals surface area contributed by atoms with E-state index in [-0.39, 0.29) is 0 Å². The van der Waals surface area contributed by atoms with Crippen LogP contribution in [0.4, 0.5) is 0 Å². The van der Waals surface area contributed by atoms with Crippen LogP contribution in [0.15, 0.2) is 55.1 Å². The molecule has 0 bridgehead atoms. The third kappa shape index (κ3) is 1.29. The molecule has 0 N–H and O–H groups in total. The van der Waals surface area contributed by atoms with Gasteiger partial charge in [-0.3, -0.25) is 0 Å². The topological polar surface area (TPSA) is 30.2 Å². The lowest BCUT2D eigenvalue weighted by atomic mass is 10.1. The highest BCUT2D eigenvalue weighted by molar-refractivity contribution is 5.79. The van der Waals surface area contributed by atoms with Crippen molar-refractivity contribution in [2.45, 2.75) is 0 Å². The SMILES string of the molecule is c1ccc(-c2ccn3ncncc23)cc1. The van der Waals surface area contributed by atoms with Crippen LogP contribution in [0.1, 0.15) is 0 Å². The fourth-order valence-corrected chi connectivity index (χ4v) is 1.71. The van der Waals surface area contributed by atoms with Gasteiger partial charge in [0.2, 0.25) is 0 Å². The summed E-state index contributed by atoms with van der Waals surface area (Å²) in [7, 11) is 0. The first kappa shape index (κ1) is 8.17. The van der Waals surface area contributed by atoms with Crippen molar-refractivity contribution in [2.24, 2.45) is 0 Å². The Balaban J connectivity index is 2.28. The second kappa shape index (κ2) is 3.20. The minimum absolute atomic E-state index is 1.03. The Labute approximate surface area is 87.0 Å². The Kier molecular flexibility index (Phi) is 1.75. The normalized spacial score (nSPS) is 10.7. The van der Waals surface area contributed by atoms with E-state index in [9.17, 15) is 0 Å². The zero-order valence-electron chi connectivity index (χ0n) is 8.04. The molecular weight excluding hydrogens is 186 g/mol. The van der Waals surface area contributed by atoms with E-state index in [2.05, 4.69) is 28.3 Å². The van der Waals surface area contributed by atoms with Crippen molar-refractivity contribution in [3.63, 3.8) is 0 Å². The van der Waals surface area contributed by atoms with Crippen molar-refractivity contribution in [1.82, 2.24) is 14.6 Å². The minimum Gasteiger partial charge on any atom is -0.241 e. The zero-order chi connectivity index (χ0) is 10.1. The van der Waals surface area contributed by atoms with Gasteiger partial charge >= 0.3 is 0 Å². The fourth-order valence-electron chi connectivity index (χ4n) is 1.71. The predicted molar refractivity (Wildman–Crippen MR) is 58.4 cm³/mol. The minimum atomic E-state index is 1.03. The number of nitrogens with zero attached hydrogens (tertiary/aromatic N) is 3. The van der Waals surface area contributed by atoms with Crippen molar-refractivity contribution >= 4 is 5.52 Å². The molecule has 15 heavy (non-hydrogen) atoms. The maximum absolute atomic E-state index is 4.13. The van der Waals surface area contributed by atoms with E-state index in [1.54, 1.807) is 6.33 Å². The molecule has 0 fully saturated rings. The van der Waals surface area contributed by atoms with Gasteiger partial charge in [0.15, 0.2) is 0 Å².